The summed E-state index contributed by atoms with van der Waals surface area (Å²) in [5, 5.41) is 3.75. The van der Waals surface area contributed by atoms with Crippen molar-refractivity contribution in [2.75, 3.05) is 62.7 Å². The van der Waals surface area contributed by atoms with Gasteiger partial charge in [-0.1, -0.05) is 30.3 Å². The molecule has 3 aromatic rings. The first kappa shape index (κ1) is 25.5. The Labute approximate surface area is 226 Å². The summed E-state index contributed by atoms with van der Waals surface area (Å²) in [5.41, 5.74) is 3.22. The van der Waals surface area contributed by atoms with Gasteiger partial charge in [-0.25, -0.2) is 15.0 Å². The molecule has 3 fully saturated rings. The van der Waals surface area contributed by atoms with Gasteiger partial charge in [-0.15, -0.1) is 0 Å². The van der Waals surface area contributed by atoms with Crippen LogP contribution in [0, 0.1) is 0 Å². The Bertz CT molecular complexity index is 1180. The minimum Gasteiger partial charge on any atom is -0.379 e. The number of likely N-dealkylation sites (tertiary alicyclic amines) is 1. The fourth-order valence-electron chi connectivity index (χ4n) is 6.35. The van der Waals surface area contributed by atoms with Crippen molar-refractivity contribution in [1.82, 2.24) is 29.3 Å². The van der Waals surface area contributed by atoms with Crippen LogP contribution in [0.5, 0.6) is 0 Å². The third kappa shape index (κ3) is 5.51. The quantitative estimate of drug-likeness (QED) is 0.507. The average molecular weight is 519 g/mol. The molecule has 5 heterocycles. The van der Waals surface area contributed by atoms with Crippen LogP contribution in [0.4, 0.5) is 11.8 Å². The number of nitrogens with zero attached hydrogens (tertiary/aromatic N) is 7. The zero-order valence-corrected chi connectivity index (χ0v) is 22.9. The van der Waals surface area contributed by atoms with Crippen molar-refractivity contribution >= 4 is 22.9 Å². The van der Waals surface area contributed by atoms with E-state index >= 15 is 0 Å². The predicted octanol–water partition coefficient (Wildman–Crippen LogP) is 3.78. The first-order valence-corrected chi connectivity index (χ1v) is 14.5. The summed E-state index contributed by atoms with van der Waals surface area (Å²) in [5.74, 6) is 1.91. The maximum absolute atomic E-state index is 5.56. The Hall–Kier alpha value is -2.75. The van der Waals surface area contributed by atoms with Gasteiger partial charge in [0, 0.05) is 63.9 Å². The second-order valence-electron chi connectivity index (χ2n) is 11.3. The van der Waals surface area contributed by atoms with Gasteiger partial charge in [-0.05, 0) is 45.1 Å². The van der Waals surface area contributed by atoms with Crippen LogP contribution in [-0.4, -0.2) is 93.9 Å². The highest BCUT2D eigenvalue weighted by Gasteiger charge is 2.30. The van der Waals surface area contributed by atoms with Gasteiger partial charge < -0.3 is 15.0 Å². The molecule has 1 N–H and O–H groups in total. The molecule has 0 atom stereocenters. The largest absolute Gasteiger partial charge is 0.379 e. The number of benzene rings is 1. The minimum absolute atomic E-state index is 0.274. The van der Waals surface area contributed by atoms with Crippen LogP contribution in [0.2, 0.25) is 0 Å². The molecule has 204 valence electrons. The number of imidazole rings is 1. The summed E-state index contributed by atoms with van der Waals surface area (Å²) in [6.45, 7) is 13.5. The number of piperidine rings is 2. The highest BCUT2D eigenvalue weighted by atomic mass is 16.5. The topological polar surface area (TPSA) is 74.6 Å². The third-order valence-electron chi connectivity index (χ3n) is 8.46. The Balaban J connectivity index is 1.14. The van der Waals surface area contributed by atoms with E-state index in [2.05, 4.69) is 73.7 Å². The van der Waals surface area contributed by atoms with Gasteiger partial charge in [0.1, 0.15) is 6.33 Å². The van der Waals surface area contributed by atoms with Gasteiger partial charge in [0.2, 0.25) is 5.95 Å². The number of nitrogens with one attached hydrogen (secondary N) is 1. The molecular formula is C29H42N8O. The van der Waals surface area contributed by atoms with E-state index in [0.29, 0.717) is 12.1 Å². The molecule has 1 aromatic carbocycles. The maximum Gasteiger partial charge on any atom is 0.208 e. The molecule has 0 saturated carbocycles. The Morgan fingerprint density at radius 2 is 1.66 bits per heavy atom. The van der Waals surface area contributed by atoms with Gasteiger partial charge >= 0.3 is 0 Å². The molecule has 0 aliphatic carbocycles. The molecule has 0 bridgehead atoms. The number of aromatic nitrogens is 4. The van der Waals surface area contributed by atoms with E-state index in [0.717, 1.165) is 94.8 Å². The molecule has 3 aliphatic heterocycles. The SMILES string of the molecule is CC(C)n1c(N2CCC(N3CCOCC3)CC2)nc2c(NC3CCN(Cc4ccccc4)CC3)ncnc21. The Morgan fingerprint density at radius 3 is 2.37 bits per heavy atom. The lowest BCUT2D eigenvalue weighted by atomic mass is 10.0. The molecule has 9 heteroatoms. The van der Waals surface area contributed by atoms with E-state index in [9.17, 15) is 0 Å². The number of hydrogen-bond donors (Lipinski definition) is 1. The maximum atomic E-state index is 5.56. The number of morpholine rings is 1. The van der Waals surface area contributed by atoms with Crippen LogP contribution < -0.4 is 10.2 Å². The summed E-state index contributed by atoms with van der Waals surface area (Å²) in [6, 6.07) is 12.1. The minimum atomic E-state index is 0.274. The summed E-state index contributed by atoms with van der Waals surface area (Å²) in [4.78, 5) is 22.2. The second kappa shape index (κ2) is 11.6. The van der Waals surface area contributed by atoms with E-state index in [4.69, 9.17) is 14.7 Å². The van der Waals surface area contributed by atoms with Crippen LogP contribution in [0.1, 0.15) is 51.1 Å². The van der Waals surface area contributed by atoms with Crippen LogP contribution in [-0.2, 0) is 11.3 Å². The predicted molar refractivity (Wildman–Crippen MR) is 152 cm³/mol. The number of fused-ring (bicyclic) bond motifs is 1. The van der Waals surface area contributed by atoms with Crippen molar-refractivity contribution in [3.63, 3.8) is 0 Å². The lowest BCUT2D eigenvalue weighted by Gasteiger charge is -2.40. The van der Waals surface area contributed by atoms with Crippen LogP contribution >= 0.6 is 0 Å². The molecule has 3 saturated heterocycles. The highest BCUT2D eigenvalue weighted by Crippen LogP contribution is 2.32. The van der Waals surface area contributed by atoms with Gasteiger partial charge in [-0.3, -0.25) is 14.4 Å². The average Bonchev–Trinajstić information content (AvgIpc) is 3.36. The Kier molecular flexibility index (Phi) is 7.76. The zero-order valence-electron chi connectivity index (χ0n) is 22.9. The van der Waals surface area contributed by atoms with Gasteiger partial charge in [-0.2, -0.15) is 0 Å². The number of anilines is 2. The smallest absolute Gasteiger partial charge is 0.208 e. The number of rotatable bonds is 7. The lowest BCUT2D eigenvalue weighted by Crippen LogP contribution is -2.49. The van der Waals surface area contributed by atoms with Crippen molar-refractivity contribution in [3.05, 3.63) is 42.2 Å². The highest BCUT2D eigenvalue weighted by molar-refractivity contribution is 5.85. The van der Waals surface area contributed by atoms with Gasteiger partial charge in [0.25, 0.3) is 0 Å². The van der Waals surface area contributed by atoms with E-state index in [1.807, 2.05) is 0 Å². The molecule has 38 heavy (non-hydrogen) atoms. The molecule has 0 unspecified atom stereocenters. The van der Waals surface area contributed by atoms with Crippen molar-refractivity contribution in [2.45, 2.75) is 64.2 Å². The van der Waals surface area contributed by atoms with Crippen molar-refractivity contribution in [1.29, 1.82) is 0 Å². The molecule has 0 amide bonds. The van der Waals surface area contributed by atoms with Crippen molar-refractivity contribution in [3.8, 4) is 0 Å². The summed E-state index contributed by atoms with van der Waals surface area (Å²) < 4.78 is 7.87. The molecule has 9 nitrogen and oxygen atoms in total. The summed E-state index contributed by atoms with van der Waals surface area (Å²) >= 11 is 0. The molecule has 0 spiro atoms. The Morgan fingerprint density at radius 1 is 0.921 bits per heavy atom. The van der Waals surface area contributed by atoms with E-state index in [-0.39, 0.29) is 6.04 Å². The van der Waals surface area contributed by atoms with E-state index in [1.54, 1.807) is 6.33 Å². The second-order valence-corrected chi connectivity index (χ2v) is 11.3. The standard InChI is InChI=1S/C29H42N8O/c1-22(2)37-28-26(33-29(37)36-14-10-25(11-15-36)35-16-18-38-19-17-35)27(30-21-31-28)32-24-8-12-34(13-9-24)20-23-6-4-3-5-7-23/h3-7,21-22,24-25H,8-20H2,1-2H3,(H,30,31,32). The van der Waals surface area contributed by atoms with Gasteiger partial charge in [0.15, 0.2) is 17.0 Å². The van der Waals surface area contributed by atoms with Gasteiger partial charge in [0.05, 0.1) is 13.2 Å². The van der Waals surface area contributed by atoms with E-state index < -0.39 is 0 Å². The first-order chi connectivity index (χ1) is 18.7. The van der Waals surface area contributed by atoms with Crippen LogP contribution in [0.3, 0.4) is 0 Å². The fourth-order valence-corrected chi connectivity index (χ4v) is 6.35. The number of hydrogen-bond acceptors (Lipinski definition) is 8. The molecule has 0 radical (unpaired) electrons. The van der Waals surface area contributed by atoms with Crippen molar-refractivity contribution in [2.24, 2.45) is 0 Å². The van der Waals surface area contributed by atoms with E-state index in [1.165, 1.54) is 18.4 Å². The molecule has 3 aliphatic rings. The lowest BCUT2D eigenvalue weighted by molar-refractivity contribution is 0.0114. The summed E-state index contributed by atoms with van der Waals surface area (Å²) in [7, 11) is 0. The fraction of sp³-hybridized carbons (Fsp3) is 0.621. The summed E-state index contributed by atoms with van der Waals surface area (Å²) in [6.07, 6.45) is 6.24. The molecule has 2 aromatic heterocycles. The molecule has 6 rings (SSSR count). The monoisotopic (exact) mass is 518 g/mol. The van der Waals surface area contributed by atoms with Crippen LogP contribution in [0.15, 0.2) is 36.7 Å². The van der Waals surface area contributed by atoms with Crippen LogP contribution in [0.25, 0.3) is 11.2 Å². The molecular weight excluding hydrogens is 476 g/mol. The zero-order chi connectivity index (χ0) is 25.9. The van der Waals surface area contributed by atoms with Crippen molar-refractivity contribution < 1.29 is 4.74 Å². The third-order valence-corrected chi connectivity index (χ3v) is 8.46. The number of ether oxygens (including phenoxy) is 1. The normalized spacial score (nSPS) is 21.0. The first-order valence-electron chi connectivity index (χ1n) is 14.5.